The van der Waals surface area contributed by atoms with Crippen LogP contribution >= 0.6 is 11.3 Å². The summed E-state index contributed by atoms with van der Waals surface area (Å²) in [5.74, 6) is 4.40. The fraction of sp³-hybridized carbons (Fsp3) is 0.619. The maximum absolute atomic E-state index is 5.18. The fourth-order valence-corrected chi connectivity index (χ4v) is 6.21. The number of anilines is 1. The molecule has 0 aromatic carbocycles. The lowest BCUT2D eigenvalue weighted by atomic mass is 9.95. The lowest BCUT2D eigenvalue weighted by molar-refractivity contribution is 0.478. The van der Waals surface area contributed by atoms with Crippen molar-refractivity contribution in [3.63, 3.8) is 0 Å². The van der Waals surface area contributed by atoms with E-state index in [2.05, 4.69) is 26.7 Å². The summed E-state index contributed by atoms with van der Waals surface area (Å²) in [5, 5.41) is 9.88. The minimum Gasteiger partial charge on any atom is -0.355 e. The molecule has 4 heterocycles. The van der Waals surface area contributed by atoms with Crippen molar-refractivity contribution >= 4 is 27.4 Å². The molecule has 6 nitrogen and oxygen atoms in total. The van der Waals surface area contributed by atoms with E-state index in [0.717, 1.165) is 24.7 Å². The third-order valence-electron chi connectivity index (χ3n) is 6.59. The highest BCUT2D eigenvalue weighted by molar-refractivity contribution is 7.19. The molecule has 146 valence electrons. The summed E-state index contributed by atoms with van der Waals surface area (Å²) in [7, 11) is 2.05. The number of fused-ring (bicyclic) bond motifs is 3. The first-order valence-electron chi connectivity index (χ1n) is 10.7. The topological polar surface area (TPSA) is 59.7 Å². The van der Waals surface area contributed by atoms with Crippen LogP contribution in [0.4, 0.5) is 5.82 Å². The SMILES string of the molecule is Cn1cnnc1C1CCCN(c2nc(C3CC3)nc3sc4c(c23)CCCC4)C1. The van der Waals surface area contributed by atoms with E-state index in [0.29, 0.717) is 11.8 Å². The van der Waals surface area contributed by atoms with Crippen LogP contribution in [0, 0.1) is 0 Å². The highest BCUT2D eigenvalue weighted by Crippen LogP contribution is 2.44. The summed E-state index contributed by atoms with van der Waals surface area (Å²) >= 11 is 1.93. The number of piperidine rings is 1. The predicted octanol–water partition coefficient (Wildman–Crippen LogP) is 3.96. The van der Waals surface area contributed by atoms with E-state index in [1.54, 1.807) is 10.4 Å². The largest absolute Gasteiger partial charge is 0.355 e. The number of thiophene rings is 1. The van der Waals surface area contributed by atoms with Crippen molar-refractivity contribution in [2.45, 2.75) is 63.2 Å². The Balaban J connectivity index is 1.45. The third kappa shape index (κ3) is 2.74. The van der Waals surface area contributed by atoms with Crippen molar-refractivity contribution in [1.29, 1.82) is 0 Å². The van der Waals surface area contributed by atoms with Gasteiger partial charge in [-0.3, -0.25) is 0 Å². The lowest BCUT2D eigenvalue weighted by Crippen LogP contribution is -2.36. The predicted molar refractivity (Wildman–Crippen MR) is 111 cm³/mol. The van der Waals surface area contributed by atoms with Crippen molar-refractivity contribution in [2.75, 3.05) is 18.0 Å². The molecular formula is C21H26N6S. The molecule has 0 spiro atoms. The molecule has 0 radical (unpaired) electrons. The second kappa shape index (κ2) is 6.51. The van der Waals surface area contributed by atoms with Crippen LogP contribution in [0.3, 0.4) is 0 Å². The number of rotatable bonds is 3. The molecule has 1 saturated heterocycles. The van der Waals surface area contributed by atoms with E-state index in [4.69, 9.17) is 9.97 Å². The second-order valence-electron chi connectivity index (χ2n) is 8.66. The first-order valence-corrected chi connectivity index (χ1v) is 11.5. The number of hydrogen-bond donors (Lipinski definition) is 0. The zero-order valence-electron chi connectivity index (χ0n) is 16.4. The van der Waals surface area contributed by atoms with Gasteiger partial charge in [0.15, 0.2) is 0 Å². The molecule has 1 unspecified atom stereocenters. The van der Waals surface area contributed by atoms with Crippen molar-refractivity contribution in [3.8, 4) is 0 Å². The standard InChI is InChI=1S/C21H26N6S/c1-26-12-22-25-19(26)14-5-4-10-27(11-14)20-17-15-6-2-3-7-16(15)28-21(17)24-18(23-20)13-8-9-13/h12-14H,2-11H2,1H3. The molecule has 3 aromatic heterocycles. The van der Waals surface area contributed by atoms with Gasteiger partial charge in [-0.2, -0.15) is 0 Å². The van der Waals surface area contributed by atoms with Gasteiger partial charge in [0.1, 0.15) is 28.6 Å². The van der Waals surface area contributed by atoms with E-state index < -0.39 is 0 Å². The first-order chi connectivity index (χ1) is 13.8. The van der Waals surface area contributed by atoms with Crippen LogP contribution in [0.2, 0.25) is 0 Å². The molecule has 0 bridgehead atoms. The van der Waals surface area contributed by atoms with E-state index in [1.165, 1.54) is 67.4 Å². The Morgan fingerprint density at radius 2 is 1.93 bits per heavy atom. The number of aryl methyl sites for hydroxylation is 3. The van der Waals surface area contributed by atoms with Crippen molar-refractivity contribution in [1.82, 2.24) is 24.7 Å². The molecule has 2 fully saturated rings. The van der Waals surface area contributed by atoms with Crippen molar-refractivity contribution in [3.05, 3.63) is 28.4 Å². The Labute approximate surface area is 169 Å². The van der Waals surface area contributed by atoms with Crippen molar-refractivity contribution < 1.29 is 0 Å². The highest BCUT2D eigenvalue weighted by atomic mass is 32.1. The molecule has 1 saturated carbocycles. The van der Waals surface area contributed by atoms with Crippen LogP contribution in [-0.2, 0) is 19.9 Å². The Morgan fingerprint density at radius 1 is 1.04 bits per heavy atom. The quantitative estimate of drug-likeness (QED) is 0.673. The lowest BCUT2D eigenvalue weighted by Gasteiger charge is -2.33. The molecule has 7 heteroatoms. The average Bonchev–Trinajstić information content (AvgIpc) is 3.38. The molecule has 28 heavy (non-hydrogen) atoms. The van der Waals surface area contributed by atoms with Gasteiger partial charge in [-0.15, -0.1) is 21.5 Å². The Kier molecular flexibility index (Phi) is 3.93. The molecule has 2 aliphatic carbocycles. The molecule has 0 amide bonds. The summed E-state index contributed by atoms with van der Waals surface area (Å²) < 4.78 is 2.08. The zero-order chi connectivity index (χ0) is 18.7. The van der Waals surface area contributed by atoms with E-state index in [9.17, 15) is 0 Å². The van der Waals surface area contributed by atoms with Gasteiger partial charge < -0.3 is 9.47 Å². The molecule has 1 atom stereocenters. The molecule has 0 N–H and O–H groups in total. The Hall–Kier alpha value is -2.02. The molecule has 3 aromatic rings. The third-order valence-corrected chi connectivity index (χ3v) is 7.77. The fourth-order valence-electron chi connectivity index (χ4n) is 4.95. The number of hydrogen-bond acceptors (Lipinski definition) is 6. The smallest absolute Gasteiger partial charge is 0.141 e. The number of aromatic nitrogens is 5. The van der Waals surface area contributed by atoms with Crippen LogP contribution in [0.15, 0.2) is 6.33 Å². The van der Waals surface area contributed by atoms with Crippen molar-refractivity contribution in [2.24, 2.45) is 7.05 Å². The van der Waals surface area contributed by atoms with Crippen LogP contribution < -0.4 is 4.90 Å². The molecular weight excluding hydrogens is 368 g/mol. The zero-order valence-corrected chi connectivity index (χ0v) is 17.2. The molecule has 6 rings (SSSR count). The van der Waals surface area contributed by atoms with Gasteiger partial charge in [0.05, 0.1) is 5.39 Å². The summed E-state index contributed by atoms with van der Waals surface area (Å²) in [6.07, 6.45) is 11.7. The Morgan fingerprint density at radius 3 is 2.75 bits per heavy atom. The van der Waals surface area contributed by atoms with Crippen LogP contribution in [0.25, 0.3) is 10.2 Å². The van der Waals surface area contributed by atoms with Crippen LogP contribution in [0.5, 0.6) is 0 Å². The maximum atomic E-state index is 5.18. The highest BCUT2D eigenvalue weighted by Gasteiger charge is 2.32. The molecule has 1 aliphatic heterocycles. The average molecular weight is 395 g/mol. The summed E-state index contributed by atoms with van der Waals surface area (Å²) in [4.78, 5) is 15.5. The minimum atomic E-state index is 0.421. The minimum absolute atomic E-state index is 0.421. The summed E-state index contributed by atoms with van der Waals surface area (Å²) in [6, 6.07) is 0. The normalized spacial score (nSPS) is 22.6. The number of nitrogens with zero attached hydrogens (tertiary/aromatic N) is 6. The summed E-state index contributed by atoms with van der Waals surface area (Å²) in [5.41, 5.74) is 1.55. The van der Waals surface area contributed by atoms with Gasteiger partial charge in [0.25, 0.3) is 0 Å². The van der Waals surface area contributed by atoms with Gasteiger partial charge in [-0.05, 0) is 56.9 Å². The second-order valence-corrected chi connectivity index (χ2v) is 9.74. The van der Waals surface area contributed by atoms with E-state index in [1.807, 2.05) is 17.7 Å². The van der Waals surface area contributed by atoms with Gasteiger partial charge in [-0.1, -0.05) is 0 Å². The molecule has 3 aliphatic rings. The first kappa shape index (κ1) is 16.9. The van der Waals surface area contributed by atoms with Crippen LogP contribution in [-0.4, -0.2) is 37.8 Å². The van der Waals surface area contributed by atoms with Gasteiger partial charge in [-0.25, -0.2) is 9.97 Å². The monoisotopic (exact) mass is 394 g/mol. The van der Waals surface area contributed by atoms with Gasteiger partial charge >= 0.3 is 0 Å². The van der Waals surface area contributed by atoms with E-state index in [-0.39, 0.29) is 0 Å². The van der Waals surface area contributed by atoms with Crippen LogP contribution in [0.1, 0.15) is 72.5 Å². The van der Waals surface area contributed by atoms with Gasteiger partial charge in [0.2, 0.25) is 0 Å². The Bertz CT molecular complexity index is 1030. The summed E-state index contributed by atoms with van der Waals surface area (Å²) in [6.45, 7) is 2.06. The van der Waals surface area contributed by atoms with Gasteiger partial charge in [0, 0.05) is 36.9 Å². The van der Waals surface area contributed by atoms with E-state index >= 15 is 0 Å². The maximum Gasteiger partial charge on any atom is 0.141 e.